The fraction of sp³-hybridized carbons (Fsp3) is 0.607. The lowest BCUT2D eigenvalue weighted by Crippen LogP contribution is -2.26. The molecule has 5 heteroatoms. The average molecular weight is 457 g/mol. The minimum atomic E-state index is -1.17. The molecule has 0 aliphatic carbocycles. The summed E-state index contributed by atoms with van der Waals surface area (Å²) in [6.07, 6.45) is 16.2. The molecular formula is C28H41FN2O2. The van der Waals surface area contributed by atoms with E-state index in [9.17, 15) is 9.18 Å². The lowest BCUT2D eigenvalue weighted by atomic mass is 10.0. The number of aromatic nitrogens is 2. The SMILES string of the molecule is CCCCCCCCCCc1cnc(-c2ccc(OC(=O)[C@H](C)[C@H](F)CCCC)cc2)nc1. The number of benzene rings is 1. The van der Waals surface area contributed by atoms with E-state index in [0.717, 1.165) is 30.4 Å². The summed E-state index contributed by atoms with van der Waals surface area (Å²) in [4.78, 5) is 21.2. The molecule has 0 N–H and O–H groups in total. The third kappa shape index (κ3) is 10.0. The van der Waals surface area contributed by atoms with Crippen molar-refractivity contribution in [2.75, 3.05) is 0 Å². The van der Waals surface area contributed by atoms with Gasteiger partial charge >= 0.3 is 5.97 Å². The molecule has 0 spiro atoms. The fourth-order valence-corrected chi connectivity index (χ4v) is 3.77. The maximum absolute atomic E-state index is 14.1. The highest BCUT2D eigenvalue weighted by Crippen LogP contribution is 2.22. The van der Waals surface area contributed by atoms with Gasteiger partial charge in [-0.05, 0) is 56.0 Å². The molecule has 2 rings (SSSR count). The second-order valence-corrected chi connectivity index (χ2v) is 9.03. The maximum Gasteiger partial charge on any atom is 0.317 e. The van der Waals surface area contributed by atoms with Crippen LogP contribution in [0.5, 0.6) is 5.75 Å². The number of esters is 1. The molecule has 0 aliphatic heterocycles. The van der Waals surface area contributed by atoms with Gasteiger partial charge in [0.2, 0.25) is 0 Å². The molecule has 4 nitrogen and oxygen atoms in total. The first kappa shape index (κ1) is 26.9. The van der Waals surface area contributed by atoms with Gasteiger partial charge < -0.3 is 4.74 Å². The van der Waals surface area contributed by atoms with Gasteiger partial charge in [-0.25, -0.2) is 14.4 Å². The van der Waals surface area contributed by atoms with E-state index < -0.39 is 18.1 Å². The van der Waals surface area contributed by atoms with Gasteiger partial charge in [0.05, 0.1) is 5.92 Å². The van der Waals surface area contributed by atoms with Crippen LogP contribution in [0.25, 0.3) is 11.4 Å². The molecule has 33 heavy (non-hydrogen) atoms. The van der Waals surface area contributed by atoms with Crippen LogP contribution in [0.1, 0.15) is 97.0 Å². The number of unbranched alkanes of at least 4 members (excludes halogenated alkanes) is 8. The number of carbonyl (C=O) groups is 1. The van der Waals surface area contributed by atoms with Gasteiger partial charge in [0, 0.05) is 18.0 Å². The van der Waals surface area contributed by atoms with Crippen LogP contribution in [0.3, 0.4) is 0 Å². The zero-order valence-electron chi connectivity index (χ0n) is 20.7. The third-order valence-corrected chi connectivity index (χ3v) is 6.10. The summed E-state index contributed by atoms with van der Waals surface area (Å²) >= 11 is 0. The molecule has 1 aromatic carbocycles. The predicted octanol–water partition coefficient (Wildman–Crippen LogP) is 7.90. The van der Waals surface area contributed by atoms with E-state index >= 15 is 0 Å². The Balaban J connectivity index is 1.77. The Hall–Kier alpha value is -2.30. The van der Waals surface area contributed by atoms with Gasteiger partial charge in [0.15, 0.2) is 5.82 Å². The number of halogens is 1. The Morgan fingerprint density at radius 3 is 2.06 bits per heavy atom. The van der Waals surface area contributed by atoms with Crippen LogP contribution in [-0.4, -0.2) is 22.1 Å². The Morgan fingerprint density at radius 2 is 1.45 bits per heavy atom. The second-order valence-electron chi connectivity index (χ2n) is 9.03. The van der Waals surface area contributed by atoms with Crippen molar-refractivity contribution in [1.29, 1.82) is 0 Å². The van der Waals surface area contributed by atoms with Crippen molar-refractivity contribution in [3.8, 4) is 17.1 Å². The molecule has 1 heterocycles. The van der Waals surface area contributed by atoms with E-state index in [1.54, 1.807) is 19.1 Å². The van der Waals surface area contributed by atoms with E-state index in [2.05, 4.69) is 16.9 Å². The molecule has 0 saturated heterocycles. The number of aryl methyl sites for hydroxylation is 1. The summed E-state index contributed by atoms with van der Waals surface area (Å²) < 4.78 is 19.5. The zero-order chi connectivity index (χ0) is 23.9. The first-order valence-corrected chi connectivity index (χ1v) is 12.8. The third-order valence-electron chi connectivity index (χ3n) is 6.10. The smallest absolute Gasteiger partial charge is 0.317 e. The summed E-state index contributed by atoms with van der Waals surface area (Å²) in [5, 5.41) is 0. The molecule has 0 bridgehead atoms. The van der Waals surface area contributed by atoms with Crippen LogP contribution in [0.15, 0.2) is 36.7 Å². The Morgan fingerprint density at radius 1 is 0.879 bits per heavy atom. The van der Waals surface area contributed by atoms with E-state index in [1.165, 1.54) is 51.4 Å². The molecule has 0 radical (unpaired) electrons. The molecule has 0 fully saturated rings. The van der Waals surface area contributed by atoms with Gasteiger partial charge in [-0.15, -0.1) is 0 Å². The second kappa shape index (κ2) is 15.5. The lowest BCUT2D eigenvalue weighted by Gasteiger charge is -2.15. The van der Waals surface area contributed by atoms with E-state index in [1.807, 2.05) is 31.5 Å². The van der Waals surface area contributed by atoms with Crippen LogP contribution < -0.4 is 4.74 Å². The van der Waals surface area contributed by atoms with Crippen molar-refractivity contribution in [2.45, 2.75) is 104 Å². The monoisotopic (exact) mass is 456 g/mol. The number of rotatable bonds is 16. The largest absolute Gasteiger partial charge is 0.426 e. The van der Waals surface area contributed by atoms with Gasteiger partial charge in [0.1, 0.15) is 11.9 Å². The minimum absolute atomic E-state index is 0.387. The molecule has 182 valence electrons. The highest BCUT2D eigenvalue weighted by molar-refractivity contribution is 5.75. The summed E-state index contributed by atoms with van der Waals surface area (Å²) in [5.41, 5.74) is 2.01. The molecule has 1 aromatic heterocycles. The number of ether oxygens (including phenoxy) is 1. The number of alkyl halides is 1. The molecule has 0 amide bonds. The van der Waals surface area contributed by atoms with Crippen molar-refractivity contribution in [1.82, 2.24) is 9.97 Å². The van der Waals surface area contributed by atoms with Crippen LogP contribution >= 0.6 is 0 Å². The average Bonchev–Trinajstić information content (AvgIpc) is 2.84. The lowest BCUT2D eigenvalue weighted by molar-refractivity contribution is -0.140. The van der Waals surface area contributed by atoms with E-state index in [4.69, 9.17) is 4.74 Å². The summed E-state index contributed by atoms with van der Waals surface area (Å²) in [6.45, 7) is 5.84. The van der Waals surface area contributed by atoms with Gasteiger partial charge in [-0.2, -0.15) is 0 Å². The van der Waals surface area contributed by atoms with Gasteiger partial charge in [-0.1, -0.05) is 71.6 Å². The quantitative estimate of drug-likeness (QED) is 0.146. The van der Waals surface area contributed by atoms with Crippen molar-refractivity contribution < 1.29 is 13.9 Å². The highest BCUT2D eigenvalue weighted by Gasteiger charge is 2.25. The molecule has 0 unspecified atom stereocenters. The summed E-state index contributed by atoms with van der Waals surface area (Å²) in [5.74, 6) is -0.255. The normalized spacial score (nSPS) is 13.0. The number of carbonyl (C=O) groups excluding carboxylic acids is 1. The minimum Gasteiger partial charge on any atom is -0.426 e. The van der Waals surface area contributed by atoms with Crippen LogP contribution in [0, 0.1) is 5.92 Å². The summed E-state index contributed by atoms with van der Waals surface area (Å²) in [6, 6.07) is 7.06. The van der Waals surface area contributed by atoms with Crippen LogP contribution in [-0.2, 0) is 11.2 Å². The Kier molecular flexibility index (Phi) is 12.7. The van der Waals surface area contributed by atoms with Crippen LogP contribution in [0.4, 0.5) is 4.39 Å². The van der Waals surface area contributed by atoms with E-state index in [-0.39, 0.29) is 0 Å². The maximum atomic E-state index is 14.1. The predicted molar refractivity (Wildman–Crippen MR) is 133 cm³/mol. The van der Waals surface area contributed by atoms with Crippen molar-refractivity contribution >= 4 is 5.97 Å². The van der Waals surface area contributed by atoms with Crippen molar-refractivity contribution in [3.63, 3.8) is 0 Å². The van der Waals surface area contributed by atoms with Gasteiger partial charge in [0.25, 0.3) is 0 Å². The number of hydrogen-bond acceptors (Lipinski definition) is 4. The molecular weight excluding hydrogens is 415 g/mol. The Labute approximate surface area is 199 Å². The fourth-order valence-electron chi connectivity index (χ4n) is 3.77. The van der Waals surface area contributed by atoms with Crippen molar-refractivity contribution in [3.05, 3.63) is 42.2 Å². The zero-order valence-corrected chi connectivity index (χ0v) is 20.7. The number of hydrogen-bond donors (Lipinski definition) is 0. The Bertz CT molecular complexity index is 793. The highest BCUT2D eigenvalue weighted by atomic mass is 19.1. The first-order chi connectivity index (χ1) is 16.0. The number of nitrogens with zero attached hydrogens (tertiary/aromatic N) is 2. The van der Waals surface area contributed by atoms with Crippen molar-refractivity contribution in [2.24, 2.45) is 5.92 Å². The van der Waals surface area contributed by atoms with E-state index in [0.29, 0.717) is 18.0 Å². The molecule has 2 atom stereocenters. The standard InChI is InChI=1S/C28H41FN2O2/c1-4-6-8-9-10-11-12-13-14-23-20-30-27(31-21-23)24-16-18-25(19-17-24)33-28(32)22(3)26(29)15-7-5-2/h16-22,26H,4-15H2,1-3H3/t22-,26-/m1/s1. The molecule has 0 aliphatic rings. The summed E-state index contributed by atoms with van der Waals surface area (Å²) in [7, 11) is 0. The van der Waals surface area contributed by atoms with Crippen LogP contribution in [0.2, 0.25) is 0 Å². The molecule has 2 aromatic rings. The topological polar surface area (TPSA) is 52.1 Å². The van der Waals surface area contributed by atoms with Gasteiger partial charge in [-0.3, -0.25) is 4.79 Å². The molecule has 0 saturated carbocycles. The first-order valence-electron chi connectivity index (χ1n) is 12.8.